The summed E-state index contributed by atoms with van der Waals surface area (Å²) in [4.78, 5) is 12.6. The summed E-state index contributed by atoms with van der Waals surface area (Å²) < 4.78 is 15.7. The van der Waals surface area contributed by atoms with Crippen LogP contribution in [0.1, 0.15) is 29.4 Å². The molecule has 1 saturated heterocycles. The first kappa shape index (κ1) is 20.6. The average molecular weight is 455 g/mol. The maximum Gasteiger partial charge on any atom is 0.260 e. The predicted octanol–water partition coefficient (Wildman–Crippen LogP) is 4.20. The molecule has 2 atom stereocenters. The lowest BCUT2D eigenvalue weighted by atomic mass is 9.96. The summed E-state index contributed by atoms with van der Waals surface area (Å²) in [6.07, 6.45) is -0.0214. The van der Waals surface area contributed by atoms with E-state index in [1.54, 1.807) is 12.1 Å². The van der Waals surface area contributed by atoms with Crippen LogP contribution in [0.2, 0.25) is 5.02 Å². The summed E-state index contributed by atoms with van der Waals surface area (Å²) in [5.41, 5.74) is 3.54. The second-order valence-corrected chi connectivity index (χ2v) is 8.03. The standard InChI is InChI=1S/C23H19ClN2O6/c1-30-20-9-19(32-26-20)22(28)21-15-7-14(16(24)8-17(15)25-23(21)29)11-2-4-12(5-3-11)18-6-13(27)10-31-18/h2-5,7-9,13,18,27-28H,6,10H2,1H3,(H,25,29)/b22-21-/t13-,18-/m0/s1. The number of fused-ring (bicyclic) bond motifs is 1. The molecule has 164 valence electrons. The molecular formula is C23H19ClN2O6. The number of nitrogens with one attached hydrogen (secondary N) is 1. The van der Waals surface area contributed by atoms with Gasteiger partial charge >= 0.3 is 0 Å². The maximum absolute atomic E-state index is 12.6. The molecule has 0 saturated carbocycles. The Morgan fingerprint density at radius 2 is 2.00 bits per heavy atom. The summed E-state index contributed by atoms with van der Waals surface area (Å²) in [6, 6.07) is 12.5. The zero-order valence-corrected chi connectivity index (χ0v) is 17.7. The quantitative estimate of drug-likeness (QED) is 0.399. The third kappa shape index (κ3) is 3.52. The van der Waals surface area contributed by atoms with E-state index >= 15 is 0 Å². The molecule has 1 amide bonds. The van der Waals surface area contributed by atoms with Gasteiger partial charge in [0.25, 0.3) is 11.8 Å². The van der Waals surface area contributed by atoms with Gasteiger partial charge in [-0.15, -0.1) is 0 Å². The lowest BCUT2D eigenvalue weighted by molar-refractivity contribution is -0.110. The number of ether oxygens (including phenoxy) is 2. The van der Waals surface area contributed by atoms with E-state index in [0.717, 1.165) is 11.1 Å². The molecule has 0 spiro atoms. The van der Waals surface area contributed by atoms with Crippen LogP contribution in [0.4, 0.5) is 5.69 Å². The van der Waals surface area contributed by atoms with Gasteiger partial charge in [-0.25, -0.2) is 0 Å². The molecule has 3 N–H and O–H groups in total. The van der Waals surface area contributed by atoms with Gasteiger partial charge < -0.3 is 29.5 Å². The molecular weight excluding hydrogens is 436 g/mol. The molecule has 0 unspecified atom stereocenters. The Bertz CT molecular complexity index is 1230. The molecule has 2 aliphatic rings. The van der Waals surface area contributed by atoms with Gasteiger partial charge in [-0.3, -0.25) is 4.79 Å². The molecule has 2 aromatic carbocycles. The molecule has 2 aliphatic heterocycles. The molecule has 3 aromatic rings. The van der Waals surface area contributed by atoms with E-state index < -0.39 is 12.0 Å². The van der Waals surface area contributed by atoms with Crippen molar-refractivity contribution in [1.82, 2.24) is 5.16 Å². The monoisotopic (exact) mass is 454 g/mol. The largest absolute Gasteiger partial charge is 0.504 e. The number of anilines is 1. The lowest BCUT2D eigenvalue weighted by Crippen LogP contribution is -2.05. The Kier molecular flexibility index (Phi) is 5.13. The molecule has 32 heavy (non-hydrogen) atoms. The number of rotatable bonds is 4. The summed E-state index contributed by atoms with van der Waals surface area (Å²) in [5.74, 6) is -0.633. The van der Waals surface area contributed by atoms with Crippen LogP contribution in [0, 0.1) is 0 Å². The van der Waals surface area contributed by atoms with Crippen molar-refractivity contribution >= 4 is 34.5 Å². The molecule has 1 fully saturated rings. The molecule has 0 bridgehead atoms. The number of methoxy groups -OCH3 is 1. The Morgan fingerprint density at radius 1 is 1.22 bits per heavy atom. The summed E-state index contributed by atoms with van der Waals surface area (Å²) in [7, 11) is 1.42. The number of halogens is 1. The van der Waals surface area contributed by atoms with E-state index in [-0.39, 0.29) is 29.1 Å². The molecule has 8 nitrogen and oxygen atoms in total. The molecule has 3 heterocycles. The van der Waals surface area contributed by atoms with Gasteiger partial charge in [0.15, 0.2) is 5.76 Å². The van der Waals surface area contributed by atoms with Crippen molar-refractivity contribution in [2.24, 2.45) is 0 Å². The van der Waals surface area contributed by atoms with Crippen molar-refractivity contribution in [3.8, 4) is 17.0 Å². The number of hydrogen-bond acceptors (Lipinski definition) is 7. The number of aliphatic hydroxyl groups is 2. The van der Waals surface area contributed by atoms with Gasteiger partial charge in [0, 0.05) is 17.5 Å². The topological polar surface area (TPSA) is 114 Å². The average Bonchev–Trinajstić information content (AvgIpc) is 3.51. The smallest absolute Gasteiger partial charge is 0.260 e. The highest BCUT2D eigenvalue weighted by Gasteiger charge is 2.31. The zero-order chi connectivity index (χ0) is 22.4. The number of nitrogens with zero attached hydrogens (tertiary/aromatic N) is 1. The minimum absolute atomic E-state index is 0.0134. The van der Waals surface area contributed by atoms with E-state index in [2.05, 4.69) is 10.5 Å². The number of aliphatic hydroxyl groups excluding tert-OH is 2. The van der Waals surface area contributed by atoms with Gasteiger partial charge in [0.1, 0.15) is 0 Å². The van der Waals surface area contributed by atoms with Crippen LogP contribution < -0.4 is 10.1 Å². The number of hydrogen-bond donors (Lipinski definition) is 3. The van der Waals surface area contributed by atoms with Crippen LogP contribution in [0.15, 0.2) is 47.0 Å². The summed E-state index contributed by atoms with van der Waals surface area (Å²) in [6.45, 7) is 0.333. The fourth-order valence-electron chi connectivity index (χ4n) is 3.96. The van der Waals surface area contributed by atoms with Crippen molar-refractivity contribution in [3.63, 3.8) is 0 Å². The van der Waals surface area contributed by atoms with E-state index in [4.69, 9.17) is 25.6 Å². The molecule has 0 radical (unpaired) electrons. The van der Waals surface area contributed by atoms with Gasteiger partial charge in [-0.1, -0.05) is 35.9 Å². The second kappa shape index (κ2) is 7.98. The van der Waals surface area contributed by atoms with Crippen LogP contribution in [-0.4, -0.2) is 41.1 Å². The molecule has 1 aromatic heterocycles. The lowest BCUT2D eigenvalue weighted by Gasteiger charge is -2.12. The molecule has 9 heteroatoms. The third-order valence-electron chi connectivity index (χ3n) is 5.59. The number of amides is 1. The Balaban J connectivity index is 1.53. The van der Waals surface area contributed by atoms with Crippen LogP contribution in [-0.2, 0) is 9.53 Å². The van der Waals surface area contributed by atoms with Gasteiger partial charge in [0.2, 0.25) is 5.76 Å². The van der Waals surface area contributed by atoms with Gasteiger partial charge in [-0.2, -0.15) is 0 Å². The van der Waals surface area contributed by atoms with Crippen LogP contribution in [0.3, 0.4) is 0 Å². The van der Waals surface area contributed by atoms with Crippen LogP contribution in [0.25, 0.3) is 22.5 Å². The summed E-state index contributed by atoms with van der Waals surface area (Å²) in [5, 5.41) is 27.2. The first-order chi connectivity index (χ1) is 15.4. The van der Waals surface area contributed by atoms with Crippen molar-refractivity contribution < 1.29 is 29.0 Å². The third-order valence-corrected chi connectivity index (χ3v) is 5.90. The van der Waals surface area contributed by atoms with Crippen molar-refractivity contribution in [3.05, 3.63) is 64.4 Å². The normalized spacial score (nSPS) is 21.4. The van der Waals surface area contributed by atoms with Crippen molar-refractivity contribution in [2.45, 2.75) is 18.6 Å². The second-order valence-electron chi connectivity index (χ2n) is 7.62. The number of carbonyl (C=O) groups is 1. The number of benzene rings is 2. The number of carbonyl (C=O) groups excluding carboxylic acids is 1. The van der Waals surface area contributed by atoms with E-state index in [1.165, 1.54) is 13.2 Å². The Labute approximate surface area is 188 Å². The van der Waals surface area contributed by atoms with Crippen LogP contribution >= 0.6 is 11.6 Å². The fourth-order valence-corrected chi connectivity index (χ4v) is 4.23. The van der Waals surface area contributed by atoms with Gasteiger partial charge in [-0.05, 0) is 28.4 Å². The summed E-state index contributed by atoms with van der Waals surface area (Å²) >= 11 is 6.51. The van der Waals surface area contributed by atoms with Crippen LogP contribution in [0.5, 0.6) is 5.88 Å². The number of aromatic nitrogens is 1. The highest BCUT2D eigenvalue weighted by atomic mass is 35.5. The first-order valence-electron chi connectivity index (χ1n) is 9.94. The first-order valence-corrected chi connectivity index (χ1v) is 10.3. The molecule has 5 rings (SSSR count). The van der Waals surface area contributed by atoms with E-state index in [0.29, 0.717) is 34.9 Å². The SMILES string of the molecule is COc1cc(/C(O)=C2/C(=O)Nc3cc(Cl)c(-c4ccc([C@@H]5C[C@H](O)CO5)cc4)cc32)on1. The predicted molar refractivity (Wildman–Crippen MR) is 117 cm³/mol. The van der Waals surface area contributed by atoms with Gasteiger partial charge in [0.05, 0.1) is 48.3 Å². The highest BCUT2D eigenvalue weighted by molar-refractivity contribution is 6.38. The fraction of sp³-hybridized carbons (Fsp3) is 0.217. The molecule has 0 aliphatic carbocycles. The highest BCUT2D eigenvalue weighted by Crippen LogP contribution is 2.42. The van der Waals surface area contributed by atoms with E-state index in [1.807, 2.05) is 24.3 Å². The minimum Gasteiger partial charge on any atom is -0.504 e. The van der Waals surface area contributed by atoms with Crippen molar-refractivity contribution in [1.29, 1.82) is 0 Å². The Morgan fingerprint density at radius 3 is 2.66 bits per heavy atom. The van der Waals surface area contributed by atoms with E-state index in [9.17, 15) is 15.0 Å². The Hall–Kier alpha value is -3.33. The minimum atomic E-state index is -0.478. The van der Waals surface area contributed by atoms with Crippen molar-refractivity contribution in [2.75, 3.05) is 19.0 Å². The zero-order valence-electron chi connectivity index (χ0n) is 17.0. The maximum atomic E-state index is 12.6.